The number of aromatic nitrogens is 2. The number of carbonyl (C=O) groups is 2. The van der Waals surface area contributed by atoms with E-state index in [0.29, 0.717) is 51.0 Å². The number of nitrogens with zero attached hydrogens (tertiary/aromatic N) is 3. The highest BCUT2D eigenvalue weighted by molar-refractivity contribution is 6.01. The van der Waals surface area contributed by atoms with Gasteiger partial charge in [0.05, 0.1) is 17.0 Å². The van der Waals surface area contributed by atoms with Crippen LogP contribution >= 0.6 is 0 Å². The normalized spacial score (nSPS) is 14.9. The fourth-order valence-corrected chi connectivity index (χ4v) is 4.78. The van der Waals surface area contributed by atoms with Crippen LogP contribution in [0.5, 0.6) is 0 Å². The Morgan fingerprint density at radius 1 is 1.05 bits per heavy atom. The second-order valence-corrected chi connectivity index (χ2v) is 9.62. The van der Waals surface area contributed by atoms with Crippen molar-refractivity contribution in [3.05, 3.63) is 71.4 Å². The molecule has 5 N–H and O–H groups in total. The molecule has 0 radical (unpaired) electrons. The largest absolute Gasteiger partial charge is 0.388 e. The van der Waals surface area contributed by atoms with Crippen molar-refractivity contribution < 1.29 is 14.7 Å². The maximum Gasteiger partial charge on any atom is 0.274 e. The predicted molar refractivity (Wildman–Crippen MR) is 144 cm³/mol. The number of anilines is 1. The molecule has 9 nitrogen and oxygen atoms in total. The van der Waals surface area contributed by atoms with Crippen molar-refractivity contribution in [2.24, 2.45) is 12.8 Å². The quantitative estimate of drug-likeness (QED) is 0.354. The van der Waals surface area contributed by atoms with E-state index in [1.54, 1.807) is 23.7 Å². The van der Waals surface area contributed by atoms with Crippen molar-refractivity contribution in [1.82, 2.24) is 20.0 Å². The number of benzene rings is 2. The zero-order chi connectivity index (χ0) is 26.4. The van der Waals surface area contributed by atoms with Crippen LogP contribution in [0.15, 0.2) is 54.6 Å². The number of hydrogen-bond acceptors (Lipinski definition) is 6. The zero-order valence-corrected chi connectivity index (χ0v) is 21.5. The summed E-state index contributed by atoms with van der Waals surface area (Å²) in [7, 11) is 3.55. The van der Waals surface area contributed by atoms with Crippen LogP contribution in [0.1, 0.15) is 40.9 Å². The fourth-order valence-electron chi connectivity index (χ4n) is 4.78. The van der Waals surface area contributed by atoms with E-state index in [0.717, 1.165) is 22.4 Å². The summed E-state index contributed by atoms with van der Waals surface area (Å²) < 4.78 is 1.67. The van der Waals surface area contributed by atoms with Crippen molar-refractivity contribution in [3.63, 3.8) is 0 Å². The SMILES string of the molecule is CNc1c(C(=O)NCC2(O)CCN(C(=O)CCc3ccccc3)CC2)nn(C)c1-c1ccc(CN)cc1. The van der Waals surface area contributed by atoms with Crippen molar-refractivity contribution in [2.75, 3.05) is 32.0 Å². The lowest BCUT2D eigenvalue weighted by Gasteiger charge is -2.38. The Hall–Kier alpha value is -3.69. The van der Waals surface area contributed by atoms with Crippen molar-refractivity contribution in [3.8, 4) is 11.3 Å². The number of aliphatic hydroxyl groups is 1. The molecule has 0 spiro atoms. The van der Waals surface area contributed by atoms with E-state index < -0.39 is 5.60 Å². The van der Waals surface area contributed by atoms with E-state index in [1.807, 2.05) is 54.6 Å². The molecule has 4 rings (SSSR count). The molecule has 0 aliphatic carbocycles. The summed E-state index contributed by atoms with van der Waals surface area (Å²) in [6, 6.07) is 17.8. The summed E-state index contributed by atoms with van der Waals surface area (Å²) >= 11 is 0. The molecule has 2 aromatic carbocycles. The molecule has 3 aromatic rings. The number of nitrogens with one attached hydrogen (secondary N) is 2. The first kappa shape index (κ1) is 26.4. The van der Waals surface area contributed by atoms with Gasteiger partial charge in [-0.05, 0) is 30.4 Å². The van der Waals surface area contributed by atoms with E-state index in [2.05, 4.69) is 15.7 Å². The third kappa shape index (κ3) is 6.18. The van der Waals surface area contributed by atoms with Crippen LogP contribution in [0.3, 0.4) is 0 Å². The number of hydrogen-bond donors (Lipinski definition) is 4. The van der Waals surface area contributed by atoms with Crippen LogP contribution in [0.2, 0.25) is 0 Å². The molecule has 0 unspecified atom stereocenters. The lowest BCUT2D eigenvalue weighted by Crippen LogP contribution is -2.52. The molecular weight excluding hydrogens is 468 g/mol. The van der Waals surface area contributed by atoms with Crippen LogP contribution in [0, 0.1) is 0 Å². The molecule has 37 heavy (non-hydrogen) atoms. The first-order chi connectivity index (χ1) is 17.8. The van der Waals surface area contributed by atoms with E-state index in [1.165, 1.54) is 0 Å². The smallest absolute Gasteiger partial charge is 0.274 e. The minimum atomic E-state index is -1.07. The third-order valence-corrected chi connectivity index (χ3v) is 7.07. The van der Waals surface area contributed by atoms with Crippen LogP contribution in [-0.2, 0) is 24.8 Å². The standard InChI is InChI=1S/C28H36N6O3/c1-30-24-25(32-33(2)26(24)22-11-8-21(18-29)9-12-22)27(36)31-19-28(37)14-16-34(17-15-28)23(35)13-10-20-6-4-3-5-7-20/h3-9,11-12,30,37H,10,13-19,29H2,1-2H3,(H,31,36). The monoisotopic (exact) mass is 504 g/mol. The van der Waals surface area contributed by atoms with Gasteiger partial charge in [0.2, 0.25) is 5.91 Å². The Morgan fingerprint density at radius 2 is 1.73 bits per heavy atom. The average Bonchev–Trinajstić information content (AvgIpc) is 3.27. The summed E-state index contributed by atoms with van der Waals surface area (Å²) in [6.45, 7) is 1.49. The maximum absolute atomic E-state index is 13.1. The van der Waals surface area contributed by atoms with E-state index in [-0.39, 0.29) is 24.1 Å². The van der Waals surface area contributed by atoms with Crippen molar-refractivity contribution in [2.45, 2.75) is 37.8 Å². The van der Waals surface area contributed by atoms with E-state index in [4.69, 9.17) is 5.73 Å². The Kier molecular flexibility index (Phi) is 8.25. The highest BCUT2D eigenvalue weighted by atomic mass is 16.3. The van der Waals surface area contributed by atoms with Gasteiger partial charge < -0.3 is 26.4 Å². The Morgan fingerprint density at radius 3 is 2.35 bits per heavy atom. The van der Waals surface area contributed by atoms with Crippen LogP contribution in [0.4, 0.5) is 5.69 Å². The molecule has 1 aliphatic heterocycles. The number of aryl methyl sites for hydroxylation is 2. The summed E-state index contributed by atoms with van der Waals surface area (Å²) in [6.07, 6.45) is 1.96. The van der Waals surface area contributed by atoms with Crippen molar-refractivity contribution in [1.29, 1.82) is 0 Å². The molecule has 0 bridgehead atoms. The molecule has 2 heterocycles. The zero-order valence-electron chi connectivity index (χ0n) is 21.5. The summed E-state index contributed by atoms with van der Waals surface area (Å²) in [5.41, 5.74) is 9.38. The average molecular weight is 505 g/mol. The summed E-state index contributed by atoms with van der Waals surface area (Å²) in [5, 5.41) is 21.5. The minimum Gasteiger partial charge on any atom is -0.388 e. The molecule has 0 atom stereocenters. The Labute approximate surface area is 217 Å². The van der Waals surface area contributed by atoms with Crippen LogP contribution < -0.4 is 16.4 Å². The van der Waals surface area contributed by atoms with Gasteiger partial charge in [-0.15, -0.1) is 0 Å². The fraction of sp³-hybridized carbons (Fsp3) is 0.393. The van der Waals surface area contributed by atoms with Gasteiger partial charge in [-0.1, -0.05) is 54.6 Å². The molecule has 9 heteroatoms. The molecular formula is C28H36N6O3. The minimum absolute atomic E-state index is 0.0918. The molecule has 1 fully saturated rings. The molecule has 1 aliphatic rings. The molecule has 1 saturated heterocycles. The molecule has 2 amide bonds. The Bertz CT molecular complexity index is 1210. The van der Waals surface area contributed by atoms with Gasteiger partial charge in [-0.3, -0.25) is 14.3 Å². The highest BCUT2D eigenvalue weighted by Gasteiger charge is 2.34. The van der Waals surface area contributed by atoms with Crippen molar-refractivity contribution >= 4 is 17.5 Å². The summed E-state index contributed by atoms with van der Waals surface area (Å²) in [4.78, 5) is 27.5. The second-order valence-electron chi connectivity index (χ2n) is 9.62. The maximum atomic E-state index is 13.1. The number of carbonyl (C=O) groups excluding carboxylic acids is 2. The number of rotatable bonds is 9. The van der Waals surface area contributed by atoms with E-state index in [9.17, 15) is 14.7 Å². The lowest BCUT2D eigenvalue weighted by molar-refractivity contribution is -0.135. The first-order valence-corrected chi connectivity index (χ1v) is 12.7. The number of likely N-dealkylation sites (tertiary alicyclic amines) is 1. The lowest BCUT2D eigenvalue weighted by atomic mass is 9.91. The van der Waals surface area contributed by atoms with E-state index >= 15 is 0 Å². The predicted octanol–water partition coefficient (Wildman–Crippen LogP) is 2.30. The van der Waals surface area contributed by atoms with Crippen LogP contribution in [-0.4, -0.2) is 63.9 Å². The topological polar surface area (TPSA) is 126 Å². The highest BCUT2D eigenvalue weighted by Crippen LogP contribution is 2.31. The number of amides is 2. The molecule has 0 saturated carbocycles. The van der Waals surface area contributed by atoms with Gasteiger partial charge in [0.25, 0.3) is 5.91 Å². The van der Waals surface area contributed by atoms with Gasteiger partial charge in [0.15, 0.2) is 5.69 Å². The van der Waals surface area contributed by atoms with Gasteiger partial charge in [0, 0.05) is 52.3 Å². The number of piperidine rings is 1. The first-order valence-electron chi connectivity index (χ1n) is 12.7. The third-order valence-electron chi connectivity index (χ3n) is 7.07. The van der Waals surface area contributed by atoms with Gasteiger partial charge in [-0.25, -0.2) is 0 Å². The summed E-state index contributed by atoms with van der Waals surface area (Å²) in [5.74, 6) is -0.270. The van der Waals surface area contributed by atoms with Gasteiger partial charge in [0.1, 0.15) is 0 Å². The van der Waals surface area contributed by atoms with Gasteiger partial charge >= 0.3 is 0 Å². The molecule has 1 aromatic heterocycles. The Balaban J connectivity index is 1.34. The second kappa shape index (κ2) is 11.6. The molecule has 196 valence electrons. The van der Waals surface area contributed by atoms with Gasteiger partial charge in [-0.2, -0.15) is 5.10 Å². The number of nitrogens with two attached hydrogens (primary N) is 1. The van der Waals surface area contributed by atoms with Crippen LogP contribution in [0.25, 0.3) is 11.3 Å².